The van der Waals surface area contributed by atoms with E-state index < -0.39 is 0 Å². The van der Waals surface area contributed by atoms with Crippen LogP contribution in [0.4, 0.5) is 5.13 Å². The van der Waals surface area contributed by atoms with Gasteiger partial charge in [-0.3, -0.25) is 10.2 Å². The molecule has 1 saturated heterocycles. The first-order valence-corrected chi connectivity index (χ1v) is 7.91. The second kappa shape index (κ2) is 5.69. The van der Waals surface area contributed by atoms with E-state index in [9.17, 15) is 4.79 Å². The van der Waals surface area contributed by atoms with Gasteiger partial charge in [0.25, 0.3) is 5.91 Å². The molecular weight excluding hydrogens is 272 g/mol. The molecule has 1 amide bonds. The first-order valence-electron chi connectivity index (χ1n) is 7.10. The fourth-order valence-electron chi connectivity index (χ4n) is 2.53. The molecule has 3 N–H and O–H groups in total. The summed E-state index contributed by atoms with van der Waals surface area (Å²) in [6.07, 6.45) is 2.45. The van der Waals surface area contributed by atoms with Crippen LogP contribution in [0.5, 0.6) is 0 Å². The van der Waals surface area contributed by atoms with Crippen molar-refractivity contribution in [3.05, 3.63) is 10.6 Å². The normalized spacial score (nSPS) is 20.1. The molecule has 1 unspecified atom stereocenters. The highest BCUT2D eigenvalue weighted by atomic mass is 32.1. The van der Waals surface area contributed by atoms with Crippen molar-refractivity contribution in [1.82, 2.24) is 10.4 Å². The number of nitrogen functional groups attached to an aromatic ring is 1. The maximum atomic E-state index is 12.0. The number of aromatic nitrogens is 1. The predicted molar refractivity (Wildman–Crippen MR) is 83.1 cm³/mol. The van der Waals surface area contributed by atoms with Crippen molar-refractivity contribution in [1.29, 1.82) is 0 Å². The van der Waals surface area contributed by atoms with E-state index in [2.05, 4.69) is 38.0 Å². The van der Waals surface area contributed by atoms with Crippen LogP contribution in [0.1, 0.15) is 55.9 Å². The molecule has 6 heteroatoms. The number of thiazole rings is 1. The van der Waals surface area contributed by atoms with E-state index in [4.69, 9.17) is 10.8 Å². The zero-order chi connectivity index (χ0) is 14.9. The lowest BCUT2D eigenvalue weighted by Crippen LogP contribution is -2.34. The Morgan fingerprint density at radius 2 is 2.20 bits per heavy atom. The Kier molecular flexibility index (Phi) is 4.34. The molecule has 0 aliphatic carbocycles. The topological polar surface area (TPSA) is 71.2 Å². The highest BCUT2D eigenvalue weighted by Gasteiger charge is 2.29. The zero-order valence-electron chi connectivity index (χ0n) is 12.7. The van der Waals surface area contributed by atoms with Crippen molar-refractivity contribution in [2.75, 3.05) is 18.0 Å². The Labute approximate surface area is 124 Å². The average Bonchev–Trinajstić information content (AvgIpc) is 2.82. The molecule has 0 spiro atoms. The van der Waals surface area contributed by atoms with E-state index >= 15 is 0 Å². The summed E-state index contributed by atoms with van der Waals surface area (Å²) in [4.78, 5) is 19.6. The highest BCUT2D eigenvalue weighted by Crippen LogP contribution is 2.35. The average molecular weight is 296 g/mol. The monoisotopic (exact) mass is 296 g/mol. The van der Waals surface area contributed by atoms with E-state index in [-0.39, 0.29) is 11.3 Å². The third kappa shape index (κ3) is 3.12. The summed E-state index contributed by atoms with van der Waals surface area (Å²) in [5.74, 6) is 5.72. The van der Waals surface area contributed by atoms with Crippen LogP contribution >= 0.6 is 11.3 Å². The smallest absolute Gasteiger partial charge is 0.277 e. The van der Waals surface area contributed by atoms with Crippen molar-refractivity contribution in [3.63, 3.8) is 0 Å². The summed E-state index contributed by atoms with van der Waals surface area (Å²) in [7, 11) is 0. The number of amides is 1. The standard InChI is InChI=1S/C14H24N4OS/c1-9-6-5-7-18(8-9)13-16-11(14(2,3)4)10(20-13)12(19)17-15/h9H,5-8,15H2,1-4H3,(H,17,19). The number of nitrogens with one attached hydrogen (secondary N) is 1. The third-order valence-corrected chi connectivity index (χ3v) is 4.71. The Bertz CT molecular complexity index is 492. The number of anilines is 1. The minimum atomic E-state index is -0.247. The third-order valence-electron chi connectivity index (χ3n) is 3.59. The van der Waals surface area contributed by atoms with Crippen LogP contribution in [0, 0.1) is 5.92 Å². The number of hydrogen-bond donors (Lipinski definition) is 2. The first kappa shape index (κ1) is 15.3. The maximum absolute atomic E-state index is 12.0. The van der Waals surface area contributed by atoms with Crippen LogP contribution in [0.3, 0.4) is 0 Å². The molecule has 0 radical (unpaired) electrons. The minimum absolute atomic E-state index is 0.169. The number of carbonyl (C=O) groups is 1. The van der Waals surface area contributed by atoms with E-state index in [1.54, 1.807) is 0 Å². The molecule has 20 heavy (non-hydrogen) atoms. The van der Waals surface area contributed by atoms with Crippen molar-refractivity contribution < 1.29 is 4.79 Å². The predicted octanol–water partition coefficient (Wildman–Crippen LogP) is 2.28. The molecule has 0 aromatic carbocycles. The Morgan fingerprint density at radius 3 is 2.75 bits per heavy atom. The number of nitrogens with zero attached hydrogens (tertiary/aromatic N) is 2. The van der Waals surface area contributed by atoms with Crippen LogP contribution in [0.25, 0.3) is 0 Å². The summed E-state index contributed by atoms with van der Waals surface area (Å²) in [6.45, 7) is 10.5. The van der Waals surface area contributed by atoms with Crippen LogP contribution in [-0.2, 0) is 5.41 Å². The minimum Gasteiger partial charge on any atom is -0.348 e. The molecule has 2 rings (SSSR count). The molecule has 1 fully saturated rings. The quantitative estimate of drug-likeness (QED) is 0.499. The molecular formula is C14H24N4OS. The number of piperidine rings is 1. The van der Waals surface area contributed by atoms with Gasteiger partial charge in [-0.2, -0.15) is 0 Å². The van der Waals surface area contributed by atoms with Gasteiger partial charge in [0.1, 0.15) is 4.88 Å². The first-order chi connectivity index (χ1) is 9.32. The number of carbonyl (C=O) groups excluding carboxylic acids is 1. The molecule has 2 heterocycles. The zero-order valence-corrected chi connectivity index (χ0v) is 13.5. The SMILES string of the molecule is CC1CCCN(c2nc(C(C)(C)C)c(C(=O)NN)s2)C1. The van der Waals surface area contributed by atoms with Crippen molar-refractivity contribution >= 4 is 22.4 Å². The van der Waals surface area contributed by atoms with Gasteiger partial charge in [-0.1, -0.05) is 39.0 Å². The second-order valence-corrected chi connectivity index (χ2v) is 7.57. The van der Waals surface area contributed by atoms with Crippen molar-refractivity contribution in [3.8, 4) is 0 Å². The largest absolute Gasteiger partial charge is 0.348 e. The molecule has 1 aliphatic rings. The lowest BCUT2D eigenvalue weighted by molar-refractivity contribution is 0.0955. The van der Waals surface area contributed by atoms with Gasteiger partial charge in [0.2, 0.25) is 0 Å². The molecule has 1 aromatic heterocycles. The van der Waals surface area contributed by atoms with Gasteiger partial charge in [0.15, 0.2) is 5.13 Å². The molecule has 1 atom stereocenters. The molecule has 0 bridgehead atoms. The van der Waals surface area contributed by atoms with Gasteiger partial charge in [0, 0.05) is 18.5 Å². The van der Waals surface area contributed by atoms with Crippen molar-refractivity contribution in [2.45, 2.75) is 46.0 Å². The molecule has 112 valence electrons. The molecule has 5 nitrogen and oxygen atoms in total. The van der Waals surface area contributed by atoms with E-state index in [0.29, 0.717) is 10.8 Å². The lowest BCUT2D eigenvalue weighted by atomic mass is 9.91. The molecule has 0 saturated carbocycles. The number of hydrogen-bond acceptors (Lipinski definition) is 5. The van der Waals surface area contributed by atoms with E-state index in [1.165, 1.54) is 24.2 Å². The van der Waals surface area contributed by atoms with Gasteiger partial charge in [-0.15, -0.1) is 0 Å². The van der Waals surface area contributed by atoms with Crippen LogP contribution in [0.15, 0.2) is 0 Å². The van der Waals surface area contributed by atoms with Gasteiger partial charge >= 0.3 is 0 Å². The van der Waals surface area contributed by atoms with Gasteiger partial charge in [-0.25, -0.2) is 10.8 Å². The summed E-state index contributed by atoms with van der Waals surface area (Å²) >= 11 is 1.45. The fourth-order valence-corrected chi connectivity index (χ4v) is 3.75. The Hall–Kier alpha value is -1.14. The molecule has 1 aliphatic heterocycles. The summed E-state index contributed by atoms with van der Waals surface area (Å²) in [5, 5.41) is 0.945. The van der Waals surface area contributed by atoms with E-state index in [1.807, 2.05) is 0 Å². The van der Waals surface area contributed by atoms with Crippen LogP contribution < -0.4 is 16.2 Å². The van der Waals surface area contributed by atoms with Gasteiger partial charge in [-0.05, 0) is 18.8 Å². The molecule has 1 aromatic rings. The Morgan fingerprint density at radius 1 is 1.50 bits per heavy atom. The summed E-state index contributed by atoms with van der Waals surface area (Å²) < 4.78 is 0. The van der Waals surface area contributed by atoms with Crippen molar-refractivity contribution in [2.24, 2.45) is 11.8 Å². The summed E-state index contributed by atoms with van der Waals surface area (Å²) in [5.41, 5.74) is 2.90. The lowest BCUT2D eigenvalue weighted by Gasteiger charge is -2.30. The maximum Gasteiger partial charge on any atom is 0.277 e. The van der Waals surface area contributed by atoms with Gasteiger partial charge in [0.05, 0.1) is 5.69 Å². The van der Waals surface area contributed by atoms with Crippen LogP contribution in [-0.4, -0.2) is 24.0 Å². The highest BCUT2D eigenvalue weighted by molar-refractivity contribution is 7.17. The summed E-state index contributed by atoms with van der Waals surface area (Å²) in [6, 6.07) is 0. The Balaban J connectivity index is 2.36. The van der Waals surface area contributed by atoms with E-state index in [0.717, 1.165) is 23.9 Å². The number of hydrazine groups is 1. The fraction of sp³-hybridized carbons (Fsp3) is 0.714. The second-order valence-electron chi connectivity index (χ2n) is 6.59. The van der Waals surface area contributed by atoms with Gasteiger partial charge < -0.3 is 4.90 Å². The number of nitrogens with two attached hydrogens (primary N) is 1. The number of rotatable bonds is 2. The van der Waals surface area contributed by atoms with Crippen LogP contribution in [0.2, 0.25) is 0 Å².